The summed E-state index contributed by atoms with van der Waals surface area (Å²) in [5.41, 5.74) is -0.0967. The van der Waals surface area contributed by atoms with E-state index in [0.29, 0.717) is 5.56 Å². The number of hydrogen-bond acceptors (Lipinski definition) is 2. The second-order valence-electron chi connectivity index (χ2n) is 3.82. The Bertz CT molecular complexity index is 552. The van der Waals surface area contributed by atoms with E-state index in [9.17, 15) is 18.0 Å². The van der Waals surface area contributed by atoms with E-state index in [1.807, 2.05) is 0 Å². The molecule has 1 N–H and O–H groups in total. The molecule has 18 heavy (non-hydrogen) atoms. The number of aryl methyl sites for hydroxylation is 1. The van der Waals surface area contributed by atoms with Crippen molar-refractivity contribution in [3.8, 4) is 5.75 Å². The third-order valence-electron chi connectivity index (χ3n) is 2.46. The number of halogens is 3. The summed E-state index contributed by atoms with van der Waals surface area (Å²) in [7, 11) is 0. The number of carboxylic acids is 1. The lowest BCUT2D eigenvalue weighted by atomic mass is 10.0. The Labute approximate surface area is 102 Å². The van der Waals surface area contributed by atoms with Crippen molar-refractivity contribution in [1.82, 2.24) is 0 Å². The third kappa shape index (κ3) is 2.18. The van der Waals surface area contributed by atoms with E-state index >= 15 is 0 Å². The molecular formula is C12H9F3O3. The van der Waals surface area contributed by atoms with Gasteiger partial charge in [0.15, 0.2) is 0 Å². The maximum atomic E-state index is 12.8. The van der Waals surface area contributed by atoms with Crippen molar-refractivity contribution in [2.75, 3.05) is 0 Å². The molecule has 0 saturated heterocycles. The van der Waals surface area contributed by atoms with Gasteiger partial charge in [0.2, 0.25) is 6.10 Å². The normalized spacial score (nSPS) is 19.4. The van der Waals surface area contributed by atoms with Gasteiger partial charge in [-0.05, 0) is 24.6 Å². The minimum Gasteiger partial charge on any atom is -0.478 e. The molecule has 0 spiro atoms. The van der Waals surface area contributed by atoms with Gasteiger partial charge in [-0.3, -0.25) is 0 Å². The summed E-state index contributed by atoms with van der Waals surface area (Å²) in [6.07, 6.45) is -6.34. The molecule has 0 fully saturated rings. The predicted octanol–water partition coefficient (Wildman–Crippen LogP) is 2.79. The van der Waals surface area contributed by atoms with Gasteiger partial charge in [-0.25, -0.2) is 4.79 Å². The van der Waals surface area contributed by atoms with E-state index in [1.165, 1.54) is 12.1 Å². The average Bonchev–Trinajstić information content (AvgIpc) is 2.35. The van der Waals surface area contributed by atoms with Gasteiger partial charge in [0.25, 0.3) is 0 Å². The van der Waals surface area contributed by atoms with Crippen LogP contribution in [0.25, 0.3) is 6.08 Å². The molecule has 0 aliphatic carbocycles. The fourth-order valence-corrected chi connectivity index (χ4v) is 1.65. The van der Waals surface area contributed by atoms with E-state index in [2.05, 4.69) is 0 Å². The number of ether oxygens (including phenoxy) is 1. The molecule has 1 heterocycles. The summed E-state index contributed by atoms with van der Waals surface area (Å²) in [6, 6.07) is 4.30. The highest BCUT2D eigenvalue weighted by atomic mass is 19.4. The van der Waals surface area contributed by atoms with Crippen LogP contribution in [0.2, 0.25) is 0 Å². The molecule has 1 aromatic rings. The highest BCUT2D eigenvalue weighted by Gasteiger charge is 2.48. The van der Waals surface area contributed by atoms with Crippen molar-refractivity contribution >= 4 is 12.0 Å². The molecule has 2 rings (SSSR count). The number of hydrogen-bond donors (Lipinski definition) is 1. The van der Waals surface area contributed by atoms with Gasteiger partial charge < -0.3 is 9.84 Å². The number of fused-ring (bicyclic) bond motifs is 1. The zero-order valence-corrected chi connectivity index (χ0v) is 8.99. The van der Waals surface area contributed by atoms with Crippen molar-refractivity contribution in [1.29, 1.82) is 0 Å². The van der Waals surface area contributed by atoms with Gasteiger partial charge in [0, 0.05) is 6.93 Å². The van der Waals surface area contributed by atoms with Gasteiger partial charge >= 0.3 is 12.1 Å². The van der Waals surface area contributed by atoms with Crippen LogP contribution in [0.4, 0.5) is 13.2 Å². The van der Waals surface area contributed by atoms with Crippen LogP contribution in [-0.2, 0) is 4.79 Å². The molecule has 6 heteroatoms. The van der Waals surface area contributed by atoms with Crippen LogP contribution in [0.1, 0.15) is 12.5 Å². The van der Waals surface area contributed by atoms with Crippen molar-refractivity contribution < 1.29 is 29.2 Å². The second kappa shape index (κ2) is 4.04. The molecule has 1 aliphatic heterocycles. The summed E-state index contributed by atoms with van der Waals surface area (Å²) in [5, 5.41) is 8.82. The summed E-state index contributed by atoms with van der Waals surface area (Å²) in [4.78, 5) is 10.9. The Morgan fingerprint density at radius 1 is 1.50 bits per heavy atom. The highest BCUT2D eigenvalue weighted by molar-refractivity contribution is 5.95. The zero-order valence-electron chi connectivity index (χ0n) is 9.99. The molecular weight excluding hydrogens is 249 g/mol. The first-order valence-corrected chi connectivity index (χ1v) is 4.93. The predicted molar refractivity (Wildman–Crippen MR) is 57.3 cm³/mol. The summed E-state index contributed by atoms with van der Waals surface area (Å²) in [5.74, 6) is -1.73. The number of aliphatic carboxylic acids is 1. The SMILES string of the molecule is [2H]Cc1ccc2c(c1)OC(C(F)(F)F)C(C(=O)O)=C2. The molecule has 0 bridgehead atoms. The van der Waals surface area contributed by atoms with Crippen LogP contribution in [0.3, 0.4) is 0 Å². The molecule has 1 unspecified atom stereocenters. The van der Waals surface area contributed by atoms with Gasteiger partial charge in [-0.1, -0.05) is 12.1 Å². The topological polar surface area (TPSA) is 46.5 Å². The molecule has 1 aromatic carbocycles. The number of carboxylic acid groups (broad SMARTS) is 1. The largest absolute Gasteiger partial charge is 0.478 e. The van der Waals surface area contributed by atoms with Crippen LogP contribution >= 0.6 is 0 Å². The molecule has 0 radical (unpaired) electrons. The minimum absolute atomic E-state index is 0.0583. The fraction of sp³-hybridized carbons (Fsp3) is 0.250. The standard InChI is InChI=1S/C12H9F3O3/c1-6-2-3-7-5-8(11(16)17)10(12(13,14)15)18-9(7)4-6/h2-5,10H,1H3,(H,16,17)/i1D. The molecule has 3 nitrogen and oxygen atoms in total. The van der Waals surface area contributed by atoms with Gasteiger partial charge in [-0.15, -0.1) is 0 Å². The molecule has 1 aliphatic rings. The van der Waals surface area contributed by atoms with E-state index in [-0.39, 0.29) is 18.2 Å². The number of rotatable bonds is 1. The van der Waals surface area contributed by atoms with E-state index in [1.54, 1.807) is 6.07 Å². The molecule has 96 valence electrons. The summed E-state index contributed by atoms with van der Waals surface area (Å²) < 4.78 is 50.2. The molecule has 1 atom stereocenters. The van der Waals surface area contributed by atoms with Crippen molar-refractivity contribution in [3.63, 3.8) is 0 Å². The van der Waals surface area contributed by atoms with Crippen LogP contribution in [0.5, 0.6) is 5.75 Å². The minimum atomic E-state index is -4.81. The fourth-order valence-electron chi connectivity index (χ4n) is 1.65. The molecule has 0 amide bonds. The lowest BCUT2D eigenvalue weighted by Gasteiger charge is -2.27. The Morgan fingerprint density at radius 2 is 2.22 bits per heavy atom. The Balaban J connectivity index is 2.51. The lowest BCUT2D eigenvalue weighted by Crippen LogP contribution is -2.40. The summed E-state index contributed by atoms with van der Waals surface area (Å²) >= 11 is 0. The van der Waals surface area contributed by atoms with Gasteiger partial charge in [-0.2, -0.15) is 13.2 Å². The Morgan fingerprint density at radius 3 is 2.78 bits per heavy atom. The first-order valence-electron chi connectivity index (χ1n) is 5.64. The van der Waals surface area contributed by atoms with Gasteiger partial charge in [0.1, 0.15) is 5.75 Å². The Hall–Kier alpha value is -1.98. The lowest BCUT2D eigenvalue weighted by molar-refractivity contribution is -0.187. The Kier molecular flexibility index (Phi) is 2.50. The van der Waals surface area contributed by atoms with Gasteiger partial charge in [0.05, 0.1) is 5.57 Å². The van der Waals surface area contributed by atoms with E-state index in [0.717, 1.165) is 6.08 Å². The van der Waals surface area contributed by atoms with E-state index < -0.39 is 23.8 Å². The molecule has 0 aromatic heterocycles. The van der Waals surface area contributed by atoms with Crippen molar-refractivity contribution in [2.24, 2.45) is 0 Å². The monoisotopic (exact) mass is 259 g/mol. The maximum Gasteiger partial charge on any atom is 0.430 e. The number of alkyl halides is 3. The number of carbonyl (C=O) groups is 1. The van der Waals surface area contributed by atoms with Crippen LogP contribution in [0, 0.1) is 6.90 Å². The molecule has 0 saturated carbocycles. The first kappa shape index (κ1) is 11.1. The third-order valence-corrected chi connectivity index (χ3v) is 2.46. The first-order chi connectivity index (χ1) is 8.82. The van der Waals surface area contributed by atoms with Crippen LogP contribution in [0.15, 0.2) is 23.8 Å². The zero-order chi connectivity index (χ0) is 14.2. The average molecular weight is 259 g/mol. The van der Waals surface area contributed by atoms with E-state index in [4.69, 9.17) is 11.2 Å². The highest BCUT2D eigenvalue weighted by Crippen LogP contribution is 2.37. The van der Waals surface area contributed by atoms with Crippen LogP contribution in [-0.4, -0.2) is 23.4 Å². The summed E-state index contributed by atoms with van der Waals surface area (Å²) in [6.45, 7) is -0.0944. The number of benzene rings is 1. The van der Waals surface area contributed by atoms with Crippen LogP contribution < -0.4 is 4.74 Å². The smallest absolute Gasteiger partial charge is 0.430 e. The quantitative estimate of drug-likeness (QED) is 0.843. The van der Waals surface area contributed by atoms with Crippen molar-refractivity contribution in [3.05, 3.63) is 34.9 Å². The van der Waals surface area contributed by atoms with Crippen molar-refractivity contribution in [2.45, 2.75) is 19.2 Å². The second-order valence-corrected chi connectivity index (χ2v) is 3.82. The maximum absolute atomic E-state index is 12.8.